The van der Waals surface area contributed by atoms with E-state index in [-0.39, 0.29) is 13.2 Å². The van der Waals surface area contributed by atoms with Crippen LogP contribution in [0.2, 0.25) is 0 Å². The van der Waals surface area contributed by atoms with Crippen molar-refractivity contribution in [3.05, 3.63) is 34.3 Å². The van der Waals surface area contributed by atoms with E-state index < -0.39 is 18.7 Å². The van der Waals surface area contributed by atoms with E-state index >= 15 is 0 Å². The molecule has 0 radical (unpaired) electrons. The number of benzene rings is 1. The van der Waals surface area contributed by atoms with Gasteiger partial charge in [0.25, 0.3) is 0 Å². The number of rotatable bonds is 5. The van der Waals surface area contributed by atoms with Gasteiger partial charge in [-0.05, 0) is 17.7 Å². The minimum absolute atomic E-state index is 0.155. The number of hydrogen-bond donors (Lipinski definition) is 1. The van der Waals surface area contributed by atoms with Gasteiger partial charge >= 0.3 is 6.18 Å². The van der Waals surface area contributed by atoms with Gasteiger partial charge in [-0.1, -0.05) is 28.1 Å². The number of aliphatic hydroxyl groups is 1. The number of halogens is 4. The van der Waals surface area contributed by atoms with Gasteiger partial charge in [-0.3, -0.25) is 0 Å². The average molecular weight is 313 g/mol. The first-order valence-electron chi connectivity index (χ1n) is 4.93. The summed E-state index contributed by atoms with van der Waals surface area (Å²) < 4.78 is 41.0. The maximum absolute atomic E-state index is 11.9. The smallest absolute Gasteiger partial charge is 0.396 e. The van der Waals surface area contributed by atoms with Crippen LogP contribution in [0.15, 0.2) is 28.7 Å². The predicted molar refractivity (Wildman–Crippen MR) is 60.8 cm³/mol. The maximum Gasteiger partial charge on any atom is 0.411 e. The molecule has 0 amide bonds. The van der Waals surface area contributed by atoms with Gasteiger partial charge in [0.2, 0.25) is 0 Å². The lowest BCUT2D eigenvalue weighted by Crippen LogP contribution is -2.21. The van der Waals surface area contributed by atoms with Crippen LogP contribution in [0.3, 0.4) is 0 Å². The fraction of sp³-hybridized carbons (Fsp3) is 0.455. The highest BCUT2D eigenvalue weighted by molar-refractivity contribution is 9.10. The van der Waals surface area contributed by atoms with Crippen molar-refractivity contribution in [2.75, 3.05) is 19.8 Å². The lowest BCUT2D eigenvalue weighted by Gasteiger charge is -2.15. The molecule has 1 aromatic carbocycles. The monoisotopic (exact) mass is 312 g/mol. The number of aliphatic hydroxyl groups excluding tert-OH is 1. The first kappa shape index (κ1) is 14.5. The van der Waals surface area contributed by atoms with E-state index in [0.29, 0.717) is 0 Å². The van der Waals surface area contributed by atoms with E-state index in [1.165, 1.54) is 0 Å². The number of alkyl halides is 3. The fourth-order valence-corrected chi connectivity index (χ4v) is 1.57. The van der Waals surface area contributed by atoms with Crippen molar-refractivity contribution in [3.8, 4) is 0 Å². The van der Waals surface area contributed by atoms with Crippen molar-refractivity contribution in [3.63, 3.8) is 0 Å². The number of ether oxygens (including phenoxy) is 1. The van der Waals surface area contributed by atoms with Crippen LogP contribution in [-0.2, 0) is 4.74 Å². The molecule has 0 aromatic heterocycles. The lowest BCUT2D eigenvalue weighted by molar-refractivity contribution is -0.175. The molecule has 0 spiro atoms. The Morgan fingerprint density at radius 3 is 2.29 bits per heavy atom. The molecule has 0 saturated heterocycles. The van der Waals surface area contributed by atoms with E-state index in [2.05, 4.69) is 20.7 Å². The minimum Gasteiger partial charge on any atom is -0.396 e. The zero-order valence-electron chi connectivity index (χ0n) is 8.88. The summed E-state index contributed by atoms with van der Waals surface area (Å²) in [5, 5.41) is 9.11. The molecule has 2 nitrogen and oxygen atoms in total. The van der Waals surface area contributed by atoms with Gasteiger partial charge in [-0.15, -0.1) is 0 Å². The highest BCUT2D eigenvalue weighted by atomic mass is 79.9. The molecule has 1 N–H and O–H groups in total. The third-order valence-electron chi connectivity index (χ3n) is 2.15. The Bertz CT molecular complexity index is 338. The van der Waals surface area contributed by atoms with Gasteiger partial charge in [-0.2, -0.15) is 13.2 Å². The van der Waals surface area contributed by atoms with Crippen LogP contribution in [0.4, 0.5) is 13.2 Å². The average Bonchev–Trinajstić information content (AvgIpc) is 2.24. The molecule has 0 heterocycles. The van der Waals surface area contributed by atoms with E-state index in [4.69, 9.17) is 5.11 Å². The highest BCUT2D eigenvalue weighted by Gasteiger charge is 2.28. The molecule has 1 rings (SSSR count). The van der Waals surface area contributed by atoms with Crippen LogP contribution in [0.25, 0.3) is 0 Å². The van der Waals surface area contributed by atoms with Crippen molar-refractivity contribution in [2.24, 2.45) is 0 Å². The molecule has 0 fully saturated rings. The summed E-state index contributed by atoms with van der Waals surface area (Å²) in [4.78, 5) is 0. The second kappa shape index (κ2) is 6.37. The van der Waals surface area contributed by atoms with Gasteiger partial charge < -0.3 is 9.84 Å². The first-order chi connectivity index (χ1) is 7.92. The van der Waals surface area contributed by atoms with Gasteiger partial charge in [0.15, 0.2) is 0 Å². The maximum atomic E-state index is 11.9. The van der Waals surface area contributed by atoms with Gasteiger partial charge in [-0.25, -0.2) is 0 Å². The number of hydrogen-bond acceptors (Lipinski definition) is 2. The van der Waals surface area contributed by atoms with Crippen LogP contribution in [0.1, 0.15) is 11.5 Å². The zero-order chi connectivity index (χ0) is 12.9. The second-order valence-electron chi connectivity index (χ2n) is 3.56. The quantitative estimate of drug-likeness (QED) is 0.905. The Morgan fingerprint density at radius 2 is 1.82 bits per heavy atom. The third kappa shape index (κ3) is 5.52. The van der Waals surface area contributed by atoms with Crippen molar-refractivity contribution in [1.82, 2.24) is 0 Å². The Hall–Kier alpha value is -0.590. The molecule has 0 aliphatic heterocycles. The Morgan fingerprint density at radius 1 is 1.24 bits per heavy atom. The summed E-state index contributed by atoms with van der Waals surface area (Å²) in [5.41, 5.74) is 0.748. The molecule has 0 bridgehead atoms. The lowest BCUT2D eigenvalue weighted by atomic mass is 10.0. The SMILES string of the molecule is OCC(COCC(F)(F)F)c1ccc(Br)cc1. The molecular formula is C11H12BrF3O2. The van der Waals surface area contributed by atoms with Crippen molar-refractivity contribution < 1.29 is 23.0 Å². The highest BCUT2D eigenvalue weighted by Crippen LogP contribution is 2.20. The molecule has 0 aliphatic carbocycles. The van der Waals surface area contributed by atoms with E-state index in [1.807, 2.05) is 0 Å². The standard InChI is InChI=1S/C11H12BrF3O2/c12-10-3-1-8(2-4-10)9(5-16)6-17-7-11(13,14)15/h1-4,9,16H,5-7H2. The van der Waals surface area contributed by atoms with Gasteiger partial charge in [0.1, 0.15) is 6.61 Å². The van der Waals surface area contributed by atoms with Crippen molar-refractivity contribution in [1.29, 1.82) is 0 Å². The van der Waals surface area contributed by atoms with Crippen molar-refractivity contribution >= 4 is 15.9 Å². The molecule has 6 heteroatoms. The normalized spacial score (nSPS) is 13.7. The van der Waals surface area contributed by atoms with Crippen LogP contribution in [-0.4, -0.2) is 31.1 Å². The van der Waals surface area contributed by atoms with Gasteiger partial charge in [0.05, 0.1) is 13.2 Å². The van der Waals surface area contributed by atoms with E-state index in [1.54, 1.807) is 24.3 Å². The Kier molecular flexibility index (Phi) is 5.42. The van der Waals surface area contributed by atoms with Crippen LogP contribution < -0.4 is 0 Å². The summed E-state index contributed by atoms with van der Waals surface area (Å²) in [7, 11) is 0. The van der Waals surface area contributed by atoms with Crippen LogP contribution in [0.5, 0.6) is 0 Å². The minimum atomic E-state index is -4.33. The topological polar surface area (TPSA) is 29.5 Å². The molecule has 0 aliphatic rings. The fourth-order valence-electron chi connectivity index (χ4n) is 1.31. The summed E-state index contributed by atoms with van der Waals surface area (Å²) in [6.45, 7) is -1.70. The van der Waals surface area contributed by atoms with E-state index in [9.17, 15) is 13.2 Å². The first-order valence-corrected chi connectivity index (χ1v) is 5.72. The Balaban J connectivity index is 2.51. The Labute approximate surface area is 106 Å². The summed E-state index contributed by atoms with van der Waals surface area (Å²) >= 11 is 3.25. The summed E-state index contributed by atoms with van der Waals surface area (Å²) in [5.74, 6) is -0.439. The molecule has 1 unspecified atom stereocenters. The van der Waals surface area contributed by atoms with Crippen LogP contribution >= 0.6 is 15.9 Å². The second-order valence-corrected chi connectivity index (χ2v) is 4.48. The van der Waals surface area contributed by atoms with Gasteiger partial charge in [0, 0.05) is 10.4 Å². The molecule has 17 heavy (non-hydrogen) atoms. The van der Waals surface area contributed by atoms with Crippen molar-refractivity contribution in [2.45, 2.75) is 12.1 Å². The predicted octanol–water partition coefficient (Wildman–Crippen LogP) is 3.10. The van der Waals surface area contributed by atoms with Crippen LogP contribution in [0, 0.1) is 0 Å². The third-order valence-corrected chi connectivity index (χ3v) is 2.68. The molecule has 1 aromatic rings. The summed E-state index contributed by atoms with van der Waals surface area (Å²) in [6.07, 6.45) is -4.33. The van der Waals surface area contributed by atoms with E-state index in [0.717, 1.165) is 10.0 Å². The zero-order valence-corrected chi connectivity index (χ0v) is 10.5. The largest absolute Gasteiger partial charge is 0.411 e. The molecule has 0 saturated carbocycles. The summed E-state index contributed by atoms with van der Waals surface area (Å²) in [6, 6.07) is 7.01. The molecule has 96 valence electrons. The molecule has 1 atom stereocenters. The molecular weight excluding hydrogens is 301 g/mol.